The molecule has 1 aromatic rings. The van der Waals surface area contributed by atoms with Crippen molar-refractivity contribution in [2.45, 2.75) is 19.1 Å². The number of nitrogens with zero attached hydrogens (tertiary/aromatic N) is 1. The van der Waals surface area contributed by atoms with Crippen LogP contribution in [0.2, 0.25) is 0 Å². The second-order valence-electron chi connectivity index (χ2n) is 3.02. The predicted molar refractivity (Wildman–Crippen MR) is 56.2 cm³/mol. The van der Waals surface area contributed by atoms with E-state index in [9.17, 15) is 4.79 Å². The van der Waals surface area contributed by atoms with Crippen molar-refractivity contribution in [3.05, 3.63) is 30.1 Å². The zero-order chi connectivity index (χ0) is 9.68. The van der Waals surface area contributed by atoms with Crippen molar-refractivity contribution in [2.24, 2.45) is 0 Å². The second-order valence-corrected chi connectivity index (χ2v) is 4.59. The maximum atomic E-state index is 11.5. The lowest BCUT2D eigenvalue weighted by Crippen LogP contribution is -2.04. The third-order valence-electron chi connectivity index (χ3n) is 1.53. The van der Waals surface area contributed by atoms with Gasteiger partial charge in [-0.3, -0.25) is 9.78 Å². The number of thioether (sulfide) groups is 1. The van der Waals surface area contributed by atoms with E-state index < -0.39 is 0 Å². The number of pyridine rings is 1. The van der Waals surface area contributed by atoms with Crippen molar-refractivity contribution in [3.63, 3.8) is 0 Å². The Hall–Kier alpha value is -0.830. The van der Waals surface area contributed by atoms with Gasteiger partial charge < -0.3 is 0 Å². The molecule has 0 amide bonds. The first kappa shape index (κ1) is 10.3. The molecule has 0 aliphatic rings. The predicted octanol–water partition coefficient (Wildman–Crippen LogP) is 2.41. The molecule has 0 spiro atoms. The zero-order valence-electron chi connectivity index (χ0n) is 7.86. The summed E-state index contributed by atoms with van der Waals surface area (Å²) in [6.07, 6.45) is 3.29. The number of ketones is 1. The molecule has 0 aliphatic carbocycles. The molecule has 0 atom stereocenters. The van der Waals surface area contributed by atoms with Crippen LogP contribution < -0.4 is 0 Å². The maximum Gasteiger partial charge on any atom is 0.174 e. The van der Waals surface area contributed by atoms with Crippen molar-refractivity contribution in [1.82, 2.24) is 4.98 Å². The van der Waals surface area contributed by atoms with E-state index in [2.05, 4.69) is 18.8 Å². The minimum Gasteiger partial charge on any atom is -0.293 e. The van der Waals surface area contributed by atoms with Crippen LogP contribution >= 0.6 is 11.8 Å². The van der Waals surface area contributed by atoms with Crippen LogP contribution in [0, 0.1) is 0 Å². The number of aromatic nitrogens is 1. The highest BCUT2D eigenvalue weighted by Crippen LogP contribution is 2.11. The maximum absolute atomic E-state index is 11.5. The van der Waals surface area contributed by atoms with Gasteiger partial charge in [0.25, 0.3) is 0 Å². The molecular formula is C10H13NOS. The van der Waals surface area contributed by atoms with Crippen molar-refractivity contribution < 1.29 is 4.79 Å². The van der Waals surface area contributed by atoms with E-state index in [1.54, 1.807) is 36.3 Å². The fraction of sp³-hybridized carbons (Fsp3) is 0.400. The fourth-order valence-corrected chi connectivity index (χ4v) is 1.50. The van der Waals surface area contributed by atoms with Gasteiger partial charge in [-0.25, -0.2) is 0 Å². The monoisotopic (exact) mass is 195 g/mol. The topological polar surface area (TPSA) is 30.0 Å². The van der Waals surface area contributed by atoms with E-state index in [0.29, 0.717) is 16.6 Å². The van der Waals surface area contributed by atoms with Crippen molar-refractivity contribution in [2.75, 3.05) is 5.75 Å². The van der Waals surface area contributed by atoms with E-state index in [1.165, 1.54) is 0 Å². The third kappa shape index (κ3) is 3.59. The average molecular weight is 195 g/mol. The van der Waals surface area contributed by atoms with Gasteiger partial charge in [0, 0.05) is 18.0 Å². The largest absolute Gasteiger partial charge is 0.293 e. The molecule has 1 rings (SSSR count). The van der Waals surface area contributed by atoms with Gasteiger partial charge in [0.2, 0.25) is 0 Å². The summed E-state index contributed by atoms with van der Waals surface area (Å²) in [5, 5.41) is 0.501. The molecule has 1 aromatic heterocycles. The van der Waals surface area contributed by atoms with E-state index in [4.69, 9.17) is 0 Å². The lowest BCUT2D eigenvalue weighted by molar-refractivity contribution is 0.102. The molecule has 0 saturated heterocycles. The normalized spacial score (nSPS) is 10.4. The molecule has 0 fully saturated rings. The highest BCUT2D eigenvalue weighted by Gasteiger charge is 2.06. The SMILES string of the molecule is CC(C)SCC(=O)c1cccnc1. The van der Waals surface area contributed by atoms with Gasteiger partial charge in [0.1, 0.15) is 0 Å². The van der Waals surface area contributed by atoms with Crippen LogP contribution in [-0.4, -0.2) is 21.8 Å². The number of carbonyl (C=O) groups excluding carboxylic acids is 1. The van der Waals surface area contributed by atoms with E-state index >= 15 is 0 Å². The van der Waals surface area contributed by atoms with E-state index in [1.807, 2.05) is 0 Å². The zero-order valence-corrected chi connectivity index (χ0v) is 8.67. The summed E-state index contributed by atoms with van der Waals surface area (Å²) in [5.74, 6) is 0.704. The van der Waals surface area contributed by atoms with E-state index in [0.717, 1.165) is 0 Å². The van der Waals surface area contributed by atoms with Gasteiger partial charge in [-0.05, 0) is 17.4 Å². The Labute approximate surface area is 82.8 Å². The molecule has 0 aromatic carbocycles. The smallest absolute Gasteiger partial charge is 0.174 e. The Bertz CT molecular complexity index is 272. The first-order valence-corrected chi connectivity index (χ1v) is 5.30. The summed E-state index contributed by atoms with van der Waals surface area (Å²) in [4.78, 5) is 15.4. The number of rotatable bonds is 4. The van der Waals surface area contributed by atoms with Crippen LogP contribution in [-0.2, 0) is 0 Å². The lowest BCUT2D eigenvalue weighted by Gasteiger charge is -2.02. The molecular weight excluding hydrogens is 182 g/mol. The standard InChI is InChI=1S/C10H13NOS/c1-8(2)13-7-10(12)9-4-3-5-11-6-9/h3-6,8H,7H2,1-2H3. The third-order valence-corrected chi connectivity index (χ3v) is 2.63. The molecule has 13 heavy (non-hydrogen) atoms. The highest BCUT2D eigenvalue weighted by molar-refractivity contribution is 8.00. The molecule has 0 unspecified atom stereocenters. The summed E-state index contributed by atoms with van der Waals surface area (Å²) in [7, 11) is 0. The second kappa shape index (κ2) is 5.02. The molecule has 0 saturated carbocycles. The van der Waals surface area contributed by atoms with Gasteiger partial charge in [-0.15, -0.1) is 0 Å². The van der Waals surface area contributed by atoms with Crippen LogP contribution in [0.4, 0.5) is 0 Å². The van der Waals surface area contributed by atoms with E-state index in [-0.39, 0.29) is 5.78 Å². The Morgan fingerprint density at radius 3 is 2.92 bits per heavy atom. The van der Waals surface area contributed by atoms with Gasteiger partial charge in [-0.2, -0.15) is 11.8 Å². The minimum atomic E-state index is 0.159. The van der Waals surface area contributed by atoms with Crippen LogP contribution in [0.15, 0.2) is 24.5 Å². The first-order valence-electron chi connectivity index (χ1n) is 4.25. The van der Waals surface area contributed by atoms with Gasteiger partial charge in [-0.1, -0.05) is 13.8 Å². The molecule has 0 aliphatic heterocycles. The molecule has 3 heteroatoms. The van der Waals surface area contributed by atoms with Crippen LogP contribution in [0.1, 0.15) is 24.2 Å². The van der Waals surface area contributed by atoms with Gasteiger partial charge >= 0.3 is 0 Å². The fourth-order valence-electron chi connectivity index (χ4n) is 0.853. The number of Topliss-reactive ketones (excluding diaryl/α,β-unsaturated/α-hetero) is 1. The summed E-state index contributed by atoms with van der Waals surface area (Å²) in [6.45, 7) is 4.17. The van der Waals surface area contributed by atoms with Gasteiger partial charge in [0.15, 0.2) is 5.78 Å². The molecule has 0 bridgehead atoms. The van der Waals surface area contributed by atoms with Crippen molar-refractivity contribution in [3.8, 4) is 0 Å². The summed E-state index contributed by atoms with van der Waals surface area (Å²) < 4.78 is 0. The summed E-state index contributed by atoms with van der Waals surface area (Å²) >= 11 is 1.66. The molecule has 0 N–H and O–H groups in total. The Morgan fingerprint density at radius 1 is 1.62 bits per heavy atom. The average Bonchev–Trinajstić information content (AvgIpc) is 2.15. The van der Waals surface area contributed by atoms with Gasteiger partial charge in [0.05, 0.1) is 5.75 Å². The summed E-state index contributed by atoms with van der Waals surface area (Å²) in [6, 6.07) is 3.59. The molecule has 70 valence electrons. The number of hydrogen-bond acceptors (Lipinski definition) is 3. The Morgan fingerprint density at radius 2 is 2.38 bits per heavy atom. The first-order chi connectivity index (χ1) is 6.20. The minimum absolute atomic E-state index is 0.159. The van der Waals surface area contributed by atoms with Crippen LogP contribution in [0.25, 0.3) is 0 Å². The molecule has 0 radical (unpaired) electrons. The Kier molecular flexibility index (Phi) is 3.96. The van der Waals surface area contributed by atoms with Crippen molar-refractivity contribution >= 4 is 17.5 Å². The summed E-state index contributed by atoms with van der Waals surface area (Å²) in [5.41, 5.74) is 0.704. The number of carbonyl (C=O) groups is 1. The van der Waals surface area contributed by atoms with Crippen LogP contribution in [0.3, 0.4) is 0 Å². The van der Waals surface area contributed by atoms with Crippen LogP contribution in [0.5, 0.6) is 0 Å². The molecule has 1 heterocycles. The van der Waals surface area contributed by atoms with Crippen molar-refractivity contribution in [1.29, 1.82) is 0 Å². The quantitative estimate of drug-likeness (QED) is 0.691. The number of hydrogen-bond donors (Lipinski definition) is 0. The molecule has 2 nitrogen and oxygen atoms in total. The highest BCUT2D eigenvalue weighted by atomic mass is 32.2. The lowest BCUT2D eigenvalue weighted by atomic mass is 10.2. The Balaban J connectivity index is 2.50.